The van der Waals surface area contributed by atoms with Gasteiger partial charge >= 0.3 is 11.9 Å². The zero-order valence-corrected chi connectivity index (χ0v) is 19.0. The molecule has 0 spiro atoms. The molecule has 0 saturated carbocycles. The number of rotatable bonds is 7. The van der Waals surface area contributed by atoms with E-state index in [2.05, 4.69) is 10.9 Å². The van der Waals surface area contributed by atoms with Crippen molar-refractivity contribution in [2.24, 2.45) is 5.92 Å². The van der Waals surface area contributed by atoms with Gasteiger partial charge in [-0.2, -0.15) is 0 Å². The Morgan fingerprint density at radius 2 is 1.62 bits per heavy atom. The molecule has 1 aliphatic heterocycles. The largest absolute Gasteiger partial charge is 0.462 e. The molecule has 0 aliphatic carbocycles. The highest BCUT2D eigenvalue weighted by Crippen LogP contribution is 2.26. The summed E-state index contributed by atoms with van der Waals surface area (Å²) in [5.41, 5.74) is 5.50. The van der Waals surface area contributed by atoms with Gasteiger partial charge in [0.25, 0.3) is 11.8 Å². The number of ether oxygens (including phenoxy) is 2. The molecule has 0 aromatic heterocycles. The van der Waals surface area contributed by atoms with E-state index in [0.717, 1.165) is 0 Å². The first-order valence-electron chi connectivity index (χ1n) is 10.4. The molecule has 10 nitrogen and oxygen atoms in total. The molecule has 2 aromatic carbocycles. The Labute approximate surface area is 200 Å². The second-order valence-corrected chi connectivity index (χ2v) is 7.73. The third-order valence-corrected chi connectivity index (χ3v) is 5.17. The van der Waals surface area contributed by atoms with E-state index in [-0.39, 0.29) is 31.0 Å². The zero-order valence-electron chi connectivity index (χ0n) is 18.2. The maximum absolute atomic E-state index is 12.4. The predicted octanol–water partition coefficient (Wildman–Crippen LogP) is 1.87. The van der Waals surface area contributed by atoms with Gasteiger partial charge in [-0.25, -0.2) is 4.79 Å². The molecule has 2 N–H and O–H groups in total. The van der Waals surface area contributed by atoms with E-state index in [1.807, 2.05) is 0 Å². The van der Waals surface area contributed by atoms with E-state index in [1.165, 1.54) is 41.3 Å². The number of anilines is 1. The quantitative estimate of drug-likeness (QED) is 0.450. The van der Waals surface area contributed by atoms with Gasteiger partial charge in [-0.1, -0.05) is 11.6 Å². The smallest absolute Gasteiger partial charge is 0.338 e. The van der Waals surface area contributed by atoms with Crippen molar-refractivity contribution in [1.29, 1.82) is 0 Å². The molecule has 1 atom stereocenters. The summed E-state index contributed by atoms with van der Waals surface area (Å²) in [7, 11) is 0. The van der Waals surface area contributed by atoms with E-state index < -0.39 is 36.3 Å². The third kappa shape index (κ3) is 6.32. The topological polar surface area (TPSA) is 131 Å². The van der Waals surface area contributed by atoms with E-state index >= 15 is 0 Å². The molecular weight excluding hydrogens is 466 g/mol. The third-order valence-electron chi connectivity index (χ3n) is 4.92. The number of nitrogens with one attached hydrogen (secondary N) is 2. The first-order chi connectivity index (χ1) is 16.3. The molecule has 3 amide bonds. The summed E-state index contributed by atoms with van der Waals surface area (Å²) in [4.78, 5) is 61.7. The van der Waals surface area contributed by atoms with Crippen molar-refractivity contribution in [2.45, 2.75) is 13.3 Å². The number of amides is 3. The number of hydrogen-bond donors (Lipinski definition) is 2. The minimum atomic E-state index is -0.756. The minimum Gasteiger partial charge on any atom is -0.462 e. The Hall–Kier alpha value is -3.92. The van der Waals surface area contributed by atoms with Gasteiger partial charge in [-0.15, -0.1) is 0 Å². The molecule has 0 bridgehead atoms. The number of hydrogen-bond acceptors (Lipinski definition) is 7. The first kappa shape index (κ1) is 24.7. The Morgan fingerprint density at radius 1 is 0.971 bits per heavy atom. The van der Waals surface area contributed by atoms with E-state index in [0.29, 0.717) is 16.3 Å². The van der Waals surface area contributed by atoms with Gasteiger partial charge < -0.3 is 14.4 Å². The van der Waals surface area contributed by atoms with Crippen LogP contribution in [0.1, 0.15) is 34.1 Å². The molecule has 34 heavy (non-hydrogen) atoms. The Bertz CT molecular complexity index is 1090. The fourth-order valence-electron chi connectivity index (χ4n) is 3.20. The highest BCUT2D eigenvalue weighted by Gasteiger charge is 2.36. The SMILES string of the molecule is CCOC(=O)c1ccc(N2C[C@H](C(=O)OCC(=O)NNC(=O)c3ccc(Cl)cc3)CC2=O)cc1. The monoisotopic (exact) mass is 487 g/mol. The molecule has 1 heterocycles. The molecule has 0 unspecified atom stereocenters. The van der Waals surface area contributed by atoms with E-state index in [9.17, 15) is 24.0 Å². The van der Waals surface area contributed by atoms with Gasteiger partial charge in [-0.05, 0) is 55.5 Å². The molecule has 1 saturated heterocycles. The van der Waals surface area contributed by atoms with Crippen LogP contribution in [0.3, 0.4) is 0 Å². The summed E-state index contributed by atoms with van der Waals surface area (Å²) >= 11 is 5.76. The van der Waals surface area contributed by atoms with Crippen molar-refractivity contribution < 1.29 is 33.4 Å². The number of hydrazine groups is 1. The fraction of sp³-hybridized carbons (Fsp3) is 0.261. The van der Waals surface area contributed by atoms with Crippen molar-refractivity contribution >= 4 is 46.9 Å². The number of carbonyl (C=O) groups is 5. The molecule has 11 heteroatoms. The second kappa shape index (κ2) is 11.3. The normalized spacial score (nSPS) is 14.9. The average Bonchev–Trinajstić information content (AvgIpc) is 3.23. The van der Waals surface area contributed by atoms with Crippen LogP contribution < -0.4 is 15.8 Å². The van der Waals surface area contributed by atoms with Gasteiger partial charge in [0.2, 0.25) is 5.91 Å². The molecule has 1 aliphatic rings. The summed E-state index contributed by atoms with van der Waals surface area (Å²) in [6, 6.07) is 12.3. The number of esters is 2. The molecule has 3 rings (SSSR count). The summed E-state index contributed by atoms with van der Waals surface area (Å²) in [6.07, 6.45) is -0.0760. The van der Waals surface area contributed by atoms with E-state index in [4.69, 9.17) is 21.1 Å². The van der Waals surface area contributed by atoms with E-state index in [1.54, 1.807) is 19.1 Å². The van der Waals surface area contributed by atoms with Crippen LogP contribution in [0, 0.1) is 5.92 Å². The highest BCUT2D eigenvalue weighted by atomic mass is 35.5. The van der Waals surface area contributed by atoms with Crippen molar-refractivity contribution in [1.82, 2.24) is 10.9 Å². The van der Waals surface area contributed by atoms with Gasteiger partial charge in [0, 0.05) is 29.2 Å². The zero-order chi connectivity index (χ0) is 24.7. The first-order valence-corrected chi connectivity index (χ1v) is 10.7. The Balaban J connectivity index is 1.46. The minimum absolute atomic E-state index is 0.0747. The Kier molecular flexibility index (Phi) is 8.20. The van der Waals surface area contributed by atoms with Crippen LogP contribution in [-0.2, 0) is 23.9 Å². The maximum Gasteiger partial charge on any atom is 0.338 e. The van der Waals surface area contributed by atoms with Crippen molar-refractivity contribution in [2.75, 3.05) is 24.7 Å². The summed E-state index contributed by atoms with van der Waals surface area (Å²) in [5, 5.41) is 0.463. The lowest BCUT2D eigenvalue weighted by molar-refractivity contribution is -0.152. The van der Waals surface area contributed by atoms with Crippen LogP contribution >= 0.6 is 11.6 Å². The number of halogens is 1. The molecule has 2 aromatic rings. The number of carbonyl (C=O) groups excluding carboxylic acids is 5. The second-order valence-electron chi connectivity index (χ2n) is 7.29. The van der Waals surface area contributed by atoms with Crippen LogP contribution in [0.4, 0.5) is 5.69 Å². The lowest BCUT2D eigenvalue weighted by Gasteiger charge is -2.17. The lowest BCUT2D eigenvalue weighted by atomic mass is 10.1. The molecule has 0 radical (unpaired) electrons. The fourth-order valence-corrected chi connectivity index (χ4v) is 3.32. The van der Waals surface area contributed by atoms with Crippen LogP contribution in [0.15, 0.2) is 48.5 Å². The summed E-state index contributed by atoms with van der Waals surface area (Å²) in [6.45, 7) is 1.40. The van der Waals surface area contributed by atoms with Crippen molar-refractivity contribution in [3.8, 4) is 0 Å². The lowest BCUT2D eigenvalue weighted by Crippen LogP contribution is -2.43. The van der Waals surface area contributed by atoms with Crippen LogP contribution in [0.5, 0.6) is 0 Å². The molecule has 178 valence electrons. The summed E-state index contributed by atoms with van der Waals surface area (Å²) in [5.74, 6) is -3.53. The van der Waals surface area contributed by atoms with Gasteiger partial charge in [0.15, 0.2) is 6.61 Å². The summed E-state index contributed by atoms with van der Waals surface area (Å²) < 4.78 is 9.92. The van der Waals surface area contributed by atoms with Crippen LogP contribution in [0.2, 0.25) is 5.02 Å². The van der Waals surface area contributed by atoms with Crippen molar-refractivity contribution in [3.05, 3.63) is 64.7 Å². The molecule has 1 fully saturated rings. The Morgan fingerprint density at radius 3 is 2.26 bits per heavy atom. The van der Waals surface area contributed by atoms with Crippen molar-refractivity contribution in [3.63, 3.8) is 0 Å². The molecular formula is C23H22ClN3O7. The van der Waals surface area contributed by atoms with Crippen LogP contribution in [0.25, 0.3) is 0 Å². The predicted molar refractivity (Wildman–Crippen MR) is 121 cm³/mol. The van der Waals surface area contributed by atoms with Gasteiger partial charge in [0.1, 0.15) is 0 Å². The number of benzene rings is 2. The maximum atomic E-state index is 12.4. The van der Waals surface area contributed by atoms with Crippen LogP contribution in [-0.4, -0.2) is 49.4 Å². The average molecular weight is 488 g/mol. The van der Waals surface area contributed by atoms with Gasteiger partial charge in [-0.3, -0.25) is 30.0 Å². The highest BCUT2D eigenvalue weighted by molar-refractivity contribution is 6.30. The number of nitrogens with zero attached hydrogens (tertiary/aromatic N) is 1. The standard InChI is InChI=1S/C23H22ClN3O7/c1-2-33-22(31)15-5-9-18(10-6-15)27-12-16(11-20(27)29)23(32)34-13-19(28)25-26-21(30)14-3-7-17(24)8-4-14/h3-10,16H,2,11-13H2,1H3,(H,25,28)(H,26,30)/t16-/m1/s1. The van der Waals surface area contributed by atoms with Gasteiger partial charge in [0.05, 0.1) is 18.1 Å².